The molecule has 0 saturated heterocycles. The van der Waals surface area contributed by atoms with E-state index in [1.54, 1.807) is 11.3 Å². The molecule has 2 aromatic carbocycles. The van der Waals surface area contributed by atoms with Crippen molar-refractivity contribution in [2.45, 2.75) is 32.1 Å². The second-order valence-electron chi connectivity index (χ2n) is 7.35. The summed E-state index contributed by atoms with van der Waals surface area (Å²) in [6.07, 6.45) is 3.20. The molecule has 0 radical (unpaired) electrons. The van der Waals surface area contributed by atoms with E-state index >= 15 is 0 Å². The van der Waals surface area contributed by atoms with Crippen LogP contribution in [0.2, 0.25) is 0 Å². The number of nitrogens with zero attached hydrogens (tertiary/aromatic N) is 3. The number of ether oxygens (including phenoxy) is 1. The van der Waals surface area contributed by atoms with Crippen LogP contribution in [0.15, 0.2) is 60.4 Å². The van der Waals surface area contributed by atoms with Crippen molar-refractivity contribution in [1.82, 2.24) is 15.0 Å². The molecule has 4 rings (SSSR count). The van der Waals surface area contributed by atoms with Crippen LogP contribution in [0.4, 0.5) is 5.82 Å². The van der Waals surface area contributed by atoms with E-state index in [4.69, 9.17) is 10.5 Å². The molecule has 0 bridgehead atoms. The van der Waals surface area contributed by atoms with Crippen LogP contribution in [-0.2, 0) is 11.8 Å². The van der Waals surface area contributed by atoms with Gasteiger partial charge in [0, 0.05) is 23.6 Å². The van der Waals surface area contributed by atoms with Gasteiger partial charge in [0.05, 0.1) is 22.3 Å². The van der Waals surface area contributed by atoms with Crippen LogP contribution in [-0.4, -0.2) is 21.6 Å². The van der Waals surface area contributed by atoms with E-state index in [1.807, 2.05) is 17.6 Å². The Kier molecular flexibility index (Phi) is 5.45. The molecule has 2 N–H and O–H groups in total. The Morgan fingerprint density at radius 1 is 1.03 bits per heavy atom. The lowest BCUT2D eigenvalue weighted by atomic mass is 9.73. The highest BCUT2D eigenvalue weighted by atomic mass is 32.1. The largest absolute Gasteiger partial charge is 0.494 e. The van der Waals surface area contributed by atoms with Crippen molar-refractivity contribution in [2.75, 3.05) is 12.3 Å². The minimum Gasteiger partial charge on any atom is -0.494 e. The van der Waals surface area contributed by atoms with Crippen molar-refractivity contribution < 1.29 is 4.74 Å². The zero-order chi connectivity index (χ0) is 20.3. The van der Waals surface area contributed by atoms with E-state index in [-0.39, 0.29) is 5.41 Å². The highest BCUT2D eigenvalue weighted by molar-refractivity contribution is 7.16. The monoisotopic (exact) mass is 404 g/mol. The van der Waals surface area contributed by atoms with E-state index in [0.29, 0.717) is 18.8 Å². The number of fused-ring (bicyclic) bond motifs is 1. The maximum absolute atomic E-state index is 5.92. The summed E-state index contributed by atoms with van der Waals surface area (Å²) >= 11 is 1.65. The Labute approximate surface area is 174 Å². The Morgan fingerprint density at radius 3 is 2.72 bits per heavy atom. The van der Waals surface area contributed by atoms with Gasteiger partial charge in [-0.05, 0) is 41.8 Å². The summed E-state index contributed by atoms with van der Waals surface area (Å²) in [7, 11) is 0. The van der Waals surface area contributed by atoms with Crippen molar-refractivity contribution in [3.63, 3.8) is 0 Å². The fourth-order valence-corrected chi connectivity index (χ4v) is 4.31. The quantitative estimate of drug-likeness (QED) is 0.469. The number of nitrogens with two attached hydrogens (primary N) is 1. The third kappa shape index (κ3) is 4.07. The summed E-state index contributed by atoms with van der Waals surface area (Å²) in [6.45, 7) is 5.06. The molecule has 0 aliphatic heterocycles. The highest BCUT2D eigenvalue weighted by Crippen LogP contribution is 2.38. The van der Waals surface area contributed by atoms with Crippen molar-refractivity contribution in [1.29, 1.82) is 0 Å². The smallest absolute Gasteiger partial charge is 0.126 e. The SMILES string of the molecule is CCCOc1cccc(C(C)(Cc2cc(N)ncn2)c2ccc3ncsc3c2)c1. The van der Waals surface area contributed by atoms with Gasteiger partial charge in [0.15, 0.2) is 0 Å². The van der Waals surface area contributed by atoms with Crippen molar-refractivity contribution in [3.05, 3.63) is 77.2 Å². The second kappa shape index (κ2) is 8.17. The molecule has 0 spiro atoms. The Balaban J connectivity index is 1.82. The van der Waals surface area contributed by atoms with Gasteiger partial charge < -0.3 is 10.5 Å². The lowest BCUT2D eigenvalue weighted by molar-refractivity contribution is 0.316. The first-order valence-corrected chi connectivity index (χ1v) is 10.6. The van der Waals surface area contributed by atoms with Crippen molar-refractivity contribution >= 4 is 27.4 Å². The molecule has 6 heteroatoms. The molecule has 0 amide bonds. The molecule has 1 unspecified atom stereocenters. The van der Waals surface area contributed by atoms with Crippen LogP contribution in [0.1, 0.15) is 37.1 Å². The number of nitrogen functional groups attached to an aromatic ring is 1. The van der Waals surface area contributed by atoms with Gasteiger partial charge in [0.1, 0.15) is 17.9 Å². The number of rotatable bonds is 7. The number of benzene rings is 2. The fourth-order valence-electron chi connectivity index (χ4n) is 3.59. The van der Waals surface area contributed by atoms with Gasteiger partial charge in [-0.2, -0.15) is 0 Å². The molecule has 2 heterocycles. The average molecular weight is 405 g/mol. The van der Waals surface area contributed by atoms with E-state index in [9.17, 15) is 0 Å². The first kappa shape index (κ1) is 19.3. The minimum atomic E-state index is -0.315. The number of aromatic nitrogens is 3. The summed E-state index contributed by atoms with van der Waals surface area (Å²) in [5.74, 6) is 1.37. The number of hydrogen-bond acceptors (Lipinski definition) is 6. The predicted molar refractivity (Wildman–Crippen MR) is 118 cm³/mol. The number of hydrogen-bond donors (Lipinski definition) is 1. The van der Waals surface area contributed by atoms with Crippen LogP contribution in [0.5, 0.6) is 5.75 Å². The maximum Gasteiger partial charge on any atom is 0.126 e. The molecule has 1 atom stereocenters. The number of thiazole rings is 1. The van der Waals surface area contributed by atoms with Gasteiger partial charge in [-0.15, -0.1) is 11.3 Å². The van der Waals surface area contributed by atoms with Crippen molar-refractivity contribution in [3.8, 4) is 5.75 Å². The molecular formula is C23H24N4OS. The third-order valence-corrected chi connectivity index (χ3v) is 5.98. The molecule has 0 fully saturated rings. The van der Waals surface area contributed by atoms with E-state index in [1.165, 1.54) is 22.2 Å². The molecule has 148 valence electrons. The van der Waals surface area contributed by atoms with Gasteiger partial charge in [0.25, 0.3) is 0 Å². The van der Waals surface area contributed by atoms with Crippen molar-refractivity contribution in [2.24, 2.45) is 0 Å². The molecule has 0 aliphatic rings. The molecule has 5 nitrogen and oxygen atoms in total. The normalized spacial score (nSPS) is 13.3. The lowest BCUT2D eigenvalue weighted by Gasteiger charge is -2.31. The standard InChI is InChI=1S/C23H24N4OS/c1-3-9-28-19-6-4-5-16(10-19)23(2,13-18-12-22(24)26-14-25-18)17-7-8-20-21(11-17)29-15-27-20/h4-8,10-12,14-15H,3,9,13H2,1-2H3,(H2,24,25,26). The summed E-state index contributed by atoms with van der Waals surface area (Å²) in [5.41, 5.74) is 11.8. The molecular weight excluding hydrogens is 380 g/mol. The van der Waals surface area contributed by atoms with Crippen LogP contribution in [0, 0.1) is 0 Å². The number of anilines is 1. The Hall–Kier alpha value is -2.99. The first-order valence-electron chi connectivity index (χ1n) is 9.72. The first-order chi connectivity index (χ1) is 14.1. The summed E-state index contributed by atoms with van der Waals surface area (Å²) in [4.78, 5) is 12.9. The topological polar surface area (TPSA) is 73.9 Å². The minimum absolute atomic E-state index is 0.315. The van der Waals surface area contributed by atoms with Gasteiger partial charge in [-0.3, -0.25) is 0 Å². The zero-order valence-corrected chi connectivity index (χ0v) is 17.4. The zero-order valence-electron chi connectivity index (χ0n) is 16.6. The fraction of sp³-hybridized carbons (Fsp3) is 0.261. The Morgan fingerprint density at radius 2 is 1.90 bits per heavy atom. The summed E-state index contributed by atoms with van der Waals surface area (Å²) in [5, 5.41) is 0. The molecule has 2 aromatic heterocycles. The predicted octanol–water partition coefficient (Wildman–Crippen LogP) is 5.01. The summed E-state index contributed by atoms with van der Waals surface area (Å²) < 4.78 is 7.08. The molecule has 4 aromatic rings. The maximum atomic E-state index is 5.92. The van der Waals surface area contributed by atoms with Crippen LogP contribution >= 0.6 is 11.3 Å². The van der Waals surface area contributed by atoms with E-state index in [2.05, 4.69) is 65.2 Å². The molecule has 29 heavy (non-hydrogen) atoms. The van der Waals surface area contributed by atoms with Crippen LogP contribution in [0.3, 0.4) is 0 Å². The van der Waals surface area contributed by atoms with Gasteiger partial charge in [-0.1, -0.05) is 32.0 Å². The third-order valence-electron chi connectivity index (χ3n) is 5.19. The molecule has 0 aliphatic carbocycles. The van der Waals surface area contributed by atoms with Gasteiger partial charge >= 0.3 is 0 Å². The van der Waals surface area contributed by atoms with E-state index in [0.717, 1.165) is 23.4 Å². The van der Waals surface area contributed by atoms with E-state index < -0.39 is 0 Å². The summed E-state index contributed by atoms with van der Waals surface area (Å²) in [6, 6.07) is 16.7. The Bertz CT molecular complexity index is 1130. The lowest BCUT2D eigenvalue weighted by Crippen LogP contribution is -2.27. The van der Waals surface area contributed by atoms with Crippen LogP contribution in [0.25, 0.3) is 10.2 Å². The van der Waals surface area contributed by atoms with Crippen LogP contribution < -0.4 is 10.5 Å². The van der Waals surface area contributed by atoms with Gasteiger partial charge in [0.2, 0.25) is 0 Å². The highest BCUT2D eigenvalue weighted by Gasteiger charge is 2.31. The molecule has 0 saturated carbocycles. The van der Waals surface area contributed by atoms with Gasteiger partial charge in [-0.25, -0.2) is 15.0 Å². The average Bonchev–Trinajstić information content (AvgIpc) is 3.20. The second-order valence-corrected chi connectivity index (χ2v) is 8.24.